The smallest absolute Gasteiger partial charge is 0.378 e. The van der Waals surface area contributed by atoms with Crippen molar-refractivity contribution in [3.63, 3.8) is 0 Å². The number of pyridine rings is 1. The molecule has 0 fully saturated rings. The third-order valence-electron chi connectivity index (χ3n) is 1.62. The topological polar surface area (TPSA) is 68.1 Å². The SMILES string of the molecule is C=CCCNc1cccnc1[N+](=O)[O-]. The number of hydrogen-bond acceptors (Lipinski definition) is 4. The van der Waals surface area contributed by atoms with Gasteiger partial charge in [0.1, 0.15) is 11.9 Å². The Hall–Kier alpha value is -1.91. The lowest BCUT2D eigenvalue weighted by Crippen LogP contribution is -2.04. The van der Waals surface area contributed by atoms with E-state index >= 15 is 0 Å². The van der Waals surface area contributed by atoms with Crippen LogP contribution >= 0.6 is 0 Å². The minimum Gasteiger partial charge on any atom is -0.378 e. The molecule has 0 aromatic carbocycles. The molecule has 0 spiro atoms. The molecule has 1 heterocycles. The van der Waals surface area contributed by atoms with E-state index in [1.807, 2.05) is 0 Å². The van der Waals surface area contributed by atoms with Gasteiger partial charge in [0.05, 0.1) is 0 Å². The molecule has 5 nitrogen and oxygen atoms in total. The summed E-state index contributed by atoms with van der Waals surface area (Å²) in [5.41, 5.74) is 0.444. The van der Waals surface area contributed by atoms with Gasteiger partial charge in [0, 0.05) is 6.54 Å². The highest BCUT2D eigenvalue weighted by Gasteiger charge is 2.12. The fourth-order valence-corrected chi connectivity index (χ4v) is 0.989. The molecule has 1 aromatic rings. The van der Waals surface area contributed by atoms with Gasteiger partial charge in [-0.1, -0.05) is 6.08 Å². The number of hydrogen-bond donors (Lipinski definition) is 1. The Bertz CT molecular complexity index is 339. The van der Waals surface area contributed by atoms with Crippen molar-refractivity contribution in [1.29, 1.82) is 0 Å². The quantitative estimate of drug-likeness (QED) is 0.336. The molecule has 0 radical (unpaired) electrons. The number of aromatic nitrogens is 1. The molecular weight excluding hydrogens is 182 g/mol. The Morgan fingerprint density at radius 2 is 2.50 bits per heavy atom. The lowest BCUT2D eigenvalue weighted by atomic mass is 10.3. The third-order valence-corrected chi connectivity index (χ3v) is 1.62. The highest BCUT2D eigenvalue weighted by molar-refractivity contribution is 5.56. The van der Waals surface area contributed by atoms with Crippen LogP contribution in [0.2, 0.25) is 0 Å². The Kier molecular flexibility index (Phi) is 3.60. The first-order chi connectivity index (χ1) is 6.75. The molecule has 0 bridgehead atoms. The van der Waals surface area contributed by atoms with E-state index < -0.39 is 4.92 Å². The normalized spacial score (nSPS) is 9.43. The zero-order valence-corrected chi connectivity index (χ0v) is 7.64. The maximum atomic E-state index is 10.5. The Balaban J connectivity index is 2.74. The molecular formula is C9H11N3O2. The zero-order valence-electron chi connectivity index (χ0n) is 7.64. The summed E-state index contributed by atoms with van der Waals surface area (Å²) in [4.78, 5) is 13.7. The van der Waals surface area contributed by atoms with Crippen LogP contribution in [0.3, 0.4) is 0 Å². The number of anilines is 1. The number of nitrogens with one attached hydrogen (secondary N) is 1. The van der Waals surface area contributed by atoms with Crippen LogP contribution in [0.5, 0.6) is 0 Å². The Labute approximate surface area is 81.6 Å². The summed E-state index contributed by atoms with van der Waals surface area (Å²) in [7, 11) is 0. The molecule has 0 saturated carbocycles. The molecule has 0 unspecified atom stereocenters. The van der Waals surface area contributed by atoms with Gasteiger partial charge in [-0.25, -0.2) is 0 Å². The second-order valence-electron chi connectivity index (χ2n) is 2.64. The minimum absolute atomic E-state index is 0.142. The molecule has 0 saturated heterocycles. The van der Waals surface area contributed by atoms with Gasteiger partial charge in [-0.15, -0.1) is 6.58 Å². The van der Waals surface area contributed by atoms with Gasteiger partial charge in [0.15, 0.2) is 0 Å². The summed E-state index contributed by atoms with van der Waals surface area (Å²) in [6.07, 6.45) is 3.90. The van der Waals surface area contributed by atoms with Crippen molar-refractivity contribution >= 4 is 11.5 Å². The average Bonchev–Trinajstić information content (AvgIpc) is 2.19. The number of nitro groups is 1. The molecule has 14 heavy (non-hydrogen) atoms. The molecule has 74 valence electrons. The Morgan fingerprint density at radius 1 is 1.71 bits per heavy atom. The summed E-state index contributed by atoms with van der Waals surface area (Å²) < 4.78 is 0. The van der Waals surface area contributed by atoms with Crippen molar-refractivity contribution in [1.82, 2.24) is 4.98 Å². The van der Waals surface area contributed by atoms with E-state index in [2.05, 4.69) is 16.9 Å². The fourth-order valence-electron chi connectivity index (χ4n) is 0.989. The first-order valence-corrected chi connectivity index (χ1v) is 4.20. The highest BCUT2D eigenvalue weighted by Crippen LogP contribution is 2.19. The predicted octanol–water partition coefficient (Wildman–Crippen LogP) is 1.98. The van der Waals surface area contributed by atoms with Crippen molar-refractivity contribution in [3.05, 3.63) is 41.1 Å². The number of rotatable bonds is 5. The summed E-state index contributed by atoms with van der Waals surface area (Å²) in [6, 6.07) is 3.29. The second kappa shape index (κ2) is 4.96. The van der Waals surface area contributed by atoms with Gasteiger partial charge in [-0.05, 0) is 28.5 Å². The molecule has 1 N–H and O–H groups in total. The van der Waals surface area contributed by atoms with Crippen LogP contribution in [0.15, 0.2) is 31.0 Å². The van der Waals surface area contributed by atoms with Gasteiger partial charge in [-0.2, -0.15) is 0 Å². The Morgan fingerprint density at radius 3 is 3.14 bits per heavy atom. The lowest BCUT2D eigenvalue weighted by Gasteiger charge is -2.03. The highest BCUT2D eigenvalue weighted by atomic mass is 16.6. The van der Waals surface area contributed by atoms with Crippen LogP contribution in [0, 0.1) is 10.1 Å². The third kappa shape index (κ3) is 2.55. The van der Waals surface area contributed by atoms with Gasteiger partial charge in [-0.3, -0.25) is 0 Å². The summed E-state index contributed by atoms with van der Waals surface area (Å²) in [5, 5.41) is 13.5. The summed E-state index contributed by atoms with van der Waals surface area (Å²) in [6.45, 7) is 4.18. The van der Waals surface area contributed by atoms with Crippen LogP contribution in [0.25, 0.3) is 0 Å². The second-order valence-corrected chi connectivity index (χ2v) is 2.64. The van der Waals surface area contributed by atoms with Crippen LogP contribution in [0.4, 0.5) is 11.5 Å². The maximum Gasteiger partial charge on any atom is 0.386 e. The summed E-state index contributed by atoms with van der Waals surface area (Å²) >= 11 is 0. The molecule has 0 aliphatic rings. The molecule has 0 aliphatic heterocycles. The van der Waals surface area contributed by atoms with Crippen molar-refractivity contribution in [3.8, 4) is 0 Å². The van der Waals surface area contributed by atoms with Crippen LogP contribution in [-0.4, -0.2) is 16.5 Å². The molecule has 0 atom stereocenters. The zero-order chi connectivity index (χ0) is 10.4. The molecule has 0 aliphatic carbocycles. The monoisotopic (exact) mass is 193 g/mol. The van der Waals surface area contributed by atoms with E-state index in [9.17, 15) is 10.1 Å². The molecule has 1 rings (SSSR count). The molecule has 5 heteroatoms. The molecule has 1 aromatic heterocycles. The summed E-state index contributed by atoms with van der Waals surface area (Å²) in [5.74, 6) is -0.142. The van der Waals surface area contributed by atoms with Crippen LogP contribution in [-0.2, 0) is 0 Å². The van der Waals surface area contributed by atoms with E-state index in [1.54, 1.807) is 18.2 Å². The van der Waals surface area contributed by atoms with Crippen molar-refractivity contribution in [2.75, 3.05) is 11.9 Å². The van der Waals surface area contributed by atoms with E-state index in [0.29, 0.717) is 12.2 Å². The minimum atomic E-state index is -0.504. The largest absolute Gasteiger partial charge is 0.386 e. The van der Waals surface area contributed by atoms with Gasteiger partial charge in [0.2, 0.25) is 0 Å². The van der Waals surface area contributed by atoms with Crippen LogP contribution < -0.4 is 5.32 Å². The van der Waals surface area contributed by atoms with Gasteiger partial charge in [0.25, 0.3) is 0 Å². The van der Waals surface area contributed by atoms with Gasteiger partial charge < -0.3 is 15.4 Å². The van der Waals surface area contributed by atoms with E-state index in [4.69, 9.17) is 0 Å². The predicted molar refractivity (Wildman–Crippen MR) is 54.2 cm³/mol. The standard InChI is InChI=1S/C9H11N3O2/c1-2-3-6-10-8-5-4-7-11-9(8)12(13)14/h2,4-5,7,10H,1,3,6H2. The van der Waals surface area contributed by atoms with Crippen molar-refractivity contribution in [2.24, 2.45) is 0 Å². The van der Waals surface area contributed by atoms with Gasteiger partial charge >= 0.3 is 5.82 Å². The first-order valence-electron chi connectivity index (χ1n) is 4.20. The fraction of sp³-hybridized carbons (Fsp3) is 0.222. The average molecular weight is 193 g/mol. The number of nitrogens with zero attached hydrogens (tertiary/aromatic N) is 2. The van der Waals surface area contributed by atoms with E-state index in [-0.39, 0.29) is 5.82 Å². The van der Waals surface area contributed by atoms with E-state index in [1.165, 1.54) is 6.20 Å². The van der Waals surface area contributed by atoms with Crippen LogP contribution in [0.1, 0.15) is 6.42 Å². The first kappa shape index (κ1) is 10.2. The maximum absolute atomic E-state index is 10.5. The lowest BCUT2D eigenvalue weighted by molar-refractivity contribution is -0.388. The van der Waals surface area contributed by atoms with E-state index in [0.717, 1.165) is 6.42 Å². The molecule has 0 amide bonds. The van der Waals surface area contributed by atoms with Crippen molar-refractivity contribution in [2.45, 2.75) is 6.42 Å². The van der Waals surface area contributed by atoms with Crippen molar-refractivity contribution < 1.29 is 4.92 Å².